The molecule has 1 aromatic heterocycles. The van der Waals surface area contributed by atoms with E-state index in [1.165, 1.54) is 17.0 Å². The lowest BCUT2D eigenvalue weighted by molar-refractivity contribution is -0.384. The average molecular weight is 312 g/mol. The van der Waals surface area contributed by atoms with Crippen molar-refractivity contribution in [3.05, 3.63) is 48.9 Å². The molecule has 0 radical (unpaired) electrons. The van der Waals surface area contributed by atoms with Crippen LogP contribution in [-0.4, -0.2) is 16.5 Å². The molecule has 7 heteroatoms. The normalized spacial score (nSPS) is 10.6. The molecule has 0 saturated carbocycles. The summed E-state index contributed by atoms with van der Waals surface area (Å²) in [5, 5.41) is 15.4. The molecule has 0 atom stereocenters. The molecule has 1 aromatic carbocycles. The number of aromatic nitrogens is 1. The van der Waals surface area contributed by atoms with Crippen LogP contribution in [0.5, 0.6) is 0 Å². The SMILES string of the molecule is Cc1cnc(CCNc2c(C)cc([N+](=O)[O-])cc2Cl)s1. The standard InChI is InChI=1S/C13H14ClN3O2S/c1-8-5-10(17(18)19)6-11(14)13(8)15-4-3-12-16-7-9(2)20-12/h5-7,15H,3-4H2,1-2H3. The molecule has 0 fully saturated rings. The van der Waals surface area contributed by atoms with Crippen molar-refractivity contribution in [1.82, 2.24) is 4.98 Å². The van der Waals surface area contributed by atoms with Crippen molar-refractivity contribution in [2.75, 3.05) is 11.9 Å². The van der Waals surface area contributed by atoms with Crippen LogP contribution in [0.1, 0.15) is 15.4 Å². The molecule has 1 N–H and O–H groups in total. The number of hydrogen-bond donors (Lipinski definition) is 1. The molecule has 2 rings (SSSR count). The van der Waals surface area contributed by atoms with Gasteiger partial charge in [-0.3, -0.25) is 10.1 Å². The Balaban J connectivity index is 2.04. The highest BCUT2D eigenvalue weighted by Gasteiger charge is 2.13. The molecule has 0 spiro atoms. The summed E-state index contributed by atoms with van der Waals surface area (Å²) in [5.74, 6) is 0. The van der Waals surface area contributed by atoms with E-state index in [9.17, 15) is 10.1 Å². The van der Waals surface area contributed by atoms with E-state index in [0.717, 1.165) is 22.7 Å². The fourth-order valence-corrected chi connectivity index (χ4v) is 2.98. The number of halogens is 1. The van der Waals surface area contributed by atoms with Crippen LogP contribution < -0.4 is 5.32 Å². The van der Waals surface area contributed by atoms with Crippen LogP contribution in [0.4, 0.5) is 11.4 Å². The number of thiazole rings is 1. The maximum atomic E-state index is 10.7. The van der Waals surface area contributed by atoms with Gasteiger partial charge in [0.15, 0.2) is 0 Å². The van der Waals surface area contributed by atoms with E-state index in [-0.39, 0.29) is 5.69 Å². The molecule has 0 amide bonds. The zero-order chi connectivity index (χ0) is 14.7. The van der Waals surface area contributed by atoms with Crippen molar-refractivity contribution in [2.45, 2.75) is 20.3 Å². The first-order valence-corrected chi connectivity index (χ1v) is 7.26. The maximum Gasteiger partial charge on any atom is 0.271 e. The molecule has 0 saturated heterocycles. The summed E-state index contributed by atoms with van der Waals surface area (Å²) in [7, 11) is 0. The molecule has 0 bridgehead atoms. The third-order valence-corrected chi connectivity index (χ3v) is 4.06. The number of anilines is 1. The topological polar surface area (TPSA) is 68.1 Å². The molecule has 106 valence electrons. The molecular formula is C13H14ClN3O2S. The third-order valence-electron chi connectivity index (χ3n) is 2.79. The number of nitrogens with zero attached hydrogens (tertiary/aromatic N) is 2. The van der Waals surface area contributed by atoms with Gasteiger partial charge in [-0.05, 0) is 19.4 Å². The minimum Gasteiger partial charge on any atom is -0.383 e. The van der Waals surface area contributed by atoms with Crippen LogP contribution >= 0.6 is 22.9 Å². The summed E-state index contributed by atoms with van der Waals surface area (Å²) in [5.41, 5.74) is 1.51. The molecule has 0 unspecified atom stereocenters. The van der Waals surface area contributed by atoms with Crippen molar-refractivity contribution in [2.24, 2.45) is 0 Å². The third kappa shape index (κ3) is 3.46. The van der Waals surface area contributed by atoms with Crippen molar-refractivity contribution >= 4 is 34.3 Å². The first kappa shape index (κ1) is 14.7. The van der Waals surface area contributed by atoms with E-state index in [0.29, 0.717) is 11.6 Å². The van der Waals surface area contributed by atoms with Gasteiger partial charge in [0.05, 0.1) is 20.6 Å². The molecule has 0 aliphatic carbocycles. The van der Waals surface area contributed by atoms with Gasteiger partial charge in [0, 0.05) is 36.2 Å². The van der Waals surface area contributed by atoms with Gasteiger partial charge in [0.1, 0.15) is 0 Å². The number of nitrogens with one attached hydrogen (secondary N) is 1. The molecule has 0 aliphatic heterocycles. The zero-order valence-electron chi connectivity index (χ0n) is 11.1. The van der Waals surface area contributed by atoms with E-state index >= 15 is 0 Å². The first-order chi connectivity index (χ1) is 9.47. The second kappa shape index (κ2) is 6.19. The van der Waals surface area contributed by atoms with Gasteiger partial charge >= 0.3 is 0 Å². The number of nitro groups is 1. The Hall–Kier alpha value is -1.66. The number of nitro benzene ring substituents is 1. The number of aryl methyl sites for hydroxylation is 2. The number of non-ortho nitro benzene ring substituents is 1. The number of rotatable bonds is 5. The van der Waals surface area contributed by atoms with E-state index < -0.39 is 4.92 Å². The molecule has 20 heavy (non-hydrogen) atoms. The van der Waals surface area contributed by atoms with Gasteiger partial charge in [-0.25, -0.2) is 4.98 Å². The van der Waals surface area contributed by atoms with E-state index in [1.807, 2.05) is 13.1 Å². The molecule has 0 aliphatic rings. The lowest BCUT2D eigenvalue weighted by Gasteiger charge is -2.10. The summed E-state index contributed by atoms with van der Waals surface area (Å²) in [6.07, 6.45) is 2.65. The van der Waals surface area contributed by atoms with Crippen molar-refractivity contribution in [1.29, 1.82) is 0 Å². The molecular weight excluding hydrogens is 298 g/mol. The summed E-state index contributed by atoms with van der Waals surface area (Å²) in [6.45, 7) is 4.51. The Bertz CT molecular complexity index is 619. The van der Waals surface area contributed by atoms with E-state index in [2.05, 4.69) is 10.3 Å². The summed E-state index contributed by atoms with van der Waals surface area (Å²) in [4.78, 5) is 15.8. The number of benzene rings is 1. The highest BCUT2D eigenvalue weighted by molar-refractivity contribution is 7.11. The summed E-state index contributed by atoms with van der Waals surface area (Å²) < 4.78 is 0. The Morgan fingerprint density at radius 2 is 2.20 bits per heavy atom. The zero-order valence-corrected chi connectivity index (χ0v) is 12.7. The van der Waals surface area contributed by atoms with Gasteiger partial charge in [-0.15, -0.1) is 11.3 Å². The Morgan fingerprint density at radius 3 is 2.75 bits per heavy atom. The summed E-state index contributed by atoms with van der Waals surface area (Å²) >= 11 is 7.75. The van der Waals surface area contributed by atoms with Crippen LogP contribution in [0.25, 0.3) is 0 Å². The highest BCUT2D eigenvalue weighted by Crippen LogP contribution is 2.30. The monoisotopic (exact) mass is 311 g/mol. The van der Waals surface area contributed by atoms with Gasteiger partial charge in [-0.2, -0.15) is 0 Å². The smallest absolute Gasteiger partial charge is 0.271 e. The van der Waals surface area contributed by atoms with E-state index in [1.54, 1.807) is 18.3 Å². The first-order valence-electron chi connectivity index (χ1n) is 6.07. The fraction of sp³-hybridized carbons (Fsp3) is 0.308. The van der Waals surface area contributed by atoms with Crippen LogP contribution in [0.2, 0.25) is 5.02 Å². The highest BCUT2D eigenvalue weighted by atomic mass is 35.5. The molecule has 2 aromatic rings. The van der Waals surface area contributed by atoms with Gasteiger partial charge in [0.25, 0.3) is 5.69 Å². The van der Waals surface area contributed by atoms with Crippen LogP contribution in [-0.2, 0) is 6.42 Å². The van der Waals surface area contributed by atoms with Gasteiger partial charge in [-0.1, -0.05) is 11.6 Å². The lowest BCUT2D eigenvalue weighted by Crippen LogP contribution is -2.06. The maximum absolute atomic E-state index is 10.7. The summed E-state index contributed by atoms with van der Waals surface area (Å²) in [6, 6.07) is 2.88. The van der Waals surface area contributed by atoms with Crippen molar-refractivity contribution < 1.29 is 4.92 Å². The number of hydrogen-bond acceptors (Lipinski definition) is 5. The van der Waals surface area contributed by atoms with Crippen LogP contribution in [0.3, 0.4) is 0 Å². The molecule has 1 heterocycles. The minimum atomic E-state index is -0.443. The van der Waals surface area contributed by atoms with Crippen LogP contribution in [0.15, 0.2) is 18.3 Å². The van der Waals surface area contributed by atoms with Gasteiger partial charge < -0.3 is 5.32 Å². The van der Waals surface area contributed by atoms with E-state index in [4.69, 9.17) is 11.6 Å². The second-order valence-corrected chi connectivity index (χ2v) is 6.14. The largest absolute Gasteiger partial charge is 0.383 e. The quantitative estimate of drug-likeness (QED) is 0.670. The second-order valence-electron chi connectivity index (χ2n) is 4.42. The average Bonchev–Trinajstić information content (AvgIpc) is 2.78. The van der Waals surface area contributed by atoms with Gasteiger partial charge in [0.2, 0.25) is 0 Å². The Kier molecular flexibility index (Phi) is 4.57. The Labute approximate surface area is 125 Å². The predicted molar refractivity (Wildman–Crippen MR) is 81.9 cm³/mol. The lowest BCUT2D eigenvalue weighted by atomic mass is 10.1. The van der Waals surface area contributed by atoms with Crippen molar-refractivity contribution in [3.63, 3.8) is 0 Å². The predicted octanol–water partition coefficient (Wildman–Crippen LogP) is 3.98. The Morgan fingerprint density at radius 1 is 1.45 bits per heavy atom. The minimum absolute atomic E-state index is 0.00796. The fourth-order valence-electron chi connectivity index (χ4n) is 1.87. The molecule has 5 nitrogen and oxygen atoms in total. The van der Waals surface area contributed by atoms with Crippen molar-refractivity contribution in [3.8, 4) is 0 Å². The van der Waals surface area contributed by atoms with Crippen LogP contribution in [0, 0.1) is 24.0 Å².